The first-order valence-electron chi connectivity index (χ1n) is 8.70. The third kappa shape index (κ3) is 3.86. The van der Waals surface area contributed by atoms with Gasteiger partial charge in [0.1, 0.15) is 11.3 Å². The Balaban J connectivity index is 1.72. The molecule has 1 aromatic heterocycles. The highest BCUT2D eigenvalue weighted by molar-refractivity contribution is 6.32. The summed E-state index contributed by atoms with van der Waals surface area (Å²) >= 11 is 6.25. The number of hydrogen-bond donors (Lipinski definition) is 2. The maximum atomic E-state index is 12.1. The number of aliphatic hydroxyl groups excluding tert-OH is 1. The van der Waals surface area contributed by atoms with Gasteiger partial charge in [-0.05, 0) is 38.3 Å². The van der Waals surface area contributed by atoms with Gasteiger partial charge in [0.15, 0.2) is 6.61 Å². The van der Waals surface area contributed by atoms with Crippen LogP contribution in [0, 0.1) is 13.8 Å². The van der Waals surface area contributed by atoms with Gasteiger partial charge in [-0.15, -0.1) is 0 Å². The van der Waals surface area contributed by atoms with Gasteiger partial charge in [0.2, 0.25) is 0 Å². The third-order valence-corrected chi connectivity index (χ3v) is 5.24. The first kappa shape index (κ1) is 18.7. The monoisotopic (exact) mass is 379 g/mol. The lowest BCUT2D eigenvalue weighted by Gasteiger charge is -2.28. The number of aryl methyl sites for hydroxylation is 1. The van der Waals surface area contributed by atoms with Crippen LogP contribution in [0.2, 0.25) is 5.02 Å². The maximum Gasteiger partial charge on any atom is 0.339 e. The summed E-state index contributed by atoms with van der Waals surface area (Å²) in [6.07, 6.45) is 2.89. The normalized spacial score (nSPS) is 20.2. The van der Waals surface area contributed by atoms with Gasteiger partial charge in [-0.25, -0.2) is 4.79 Å². The van der Waals surface area contributed by atoms with Crippen LogP contribution in [0.3, 0.4) is 0 Å². The molecule has 1 aromatic carbocycles. The molecule has 7 heteroatoms. The molecule has 6 nitrogen and oxygen atoms in total. The van der Waals surface area contributed by atoms with Crippen LogP contribution in [0.25, 0.3) is 11.0 Å². The Morgan fingerprint density at radius 3 is 2.77 bits per heavy atom. The smallest absolute Gasteiger partial charge is 0.339 e. The van der Waals surface area contributed by atoms with Gasteiger partial charge in [-0.2, -0.15) is 0 Å². The van der Waals surface area contributed by atoms with Gasteiger partial charge in [0.05, 0.1) is 17.2 Å². The standard InChI is InChI=1S/C19H22ClNO5/c1-10-11(2)19(24)26-16-8-17(13(20)7-12(10)16)25-9-18(23)21-14-5-3-4-6-15(14)22/h7-8,14-15,22H,3-6,9H2,1-2H3,(H,21,23)/t14-,15-/m0/s1. The van der Waals surface area contributed by atoms with E-state index in [9.17, 15) is 14.7 Å². The van der Waals surface area contributed by atoms with E-state index in [0.29, 0.717) is 22.6 Å². The van der Waals surface area contributed by atoms with Crippen molar-refractivity contribution < 1.29 is 19.1 Å². The molecule has 1 fully saturated rings. The molecule has 26 heavy (non-hydrogen) atoms. The van der Waals surface area contributed by atoms with E-state index in [2.05, 4.69) is 5.32 Å². The Bertz CT molecular complexity index is 892. The molecule has 2 aromatic rings. The van der Waals surface area contributed by atoms with Crippen molar-refractivity contribution in [2.24, 2.45) is 0 Å². The molecule has 0 aliphatic heterocycles. The van der Waals surface area contributed by atoms with Crippen LogP contribution < -0.4 is 15.7 Å². The molecule has 2 N–H and O–H groups in total. The number of fused-ring (bicyclic) bond motifs is 1. The second-order valence-corrected chi connectivity index (χ2v) is 7.14. The molecule has 1 aliphatic carbocycles. The number of hydrogen-bond acceptors (Lipinski definition) is 5. The van der Waals surface area contributed by atoms with Crippen LogP contribution in [-0.4, -0.2) is 29.8 Å². The summed E-state index contributed by atoms with van der Waals surface area (Å²) in [4.78, 5) is 23.9. The SMILES string of the molecule is Cc1c(C)c2cc(Cl)c(OCC(=O)N[C@H]3CCCC[C@@H]3O)cc2oc1=O. The Hall–Kier alpha value is -2.05. The Labute approximate surface area is 156 Å². The highest BCUT2D eigenvalue weighted by Crippen LogP contribution is 2.31. The second kappa shape index (κ2) is 7.68. The number of carbonyl (C=O) groups is 1. The zero-order valence-electron chi connectivity index (χ0n) is 14.8. The Kier molecular flexibility index (Phi) is 5.53. The number of aliphatic hydroxyl groups is 1. The van der Waals surface area contributed by atoms with Gasteiger partial charge >= 0.3 is 5.63 Å². The minimum Gasteiger partial charge on any atom is -0.482 e. The number of rotatable bonds is 4. The number of carbonyl (C=O) groups excluding carboxylic acids is 1. The maximum absolute atomic E-state index is 12.1. The zero-order valence-corrected chi connectivity index (χ0v) is 15.6. The van der Waals surface area contributed by atoms with Gasteiger partial charge in [0.25, 0.3) is 5.91 Å². The molecule has 0 radical (unpaired) electrons. The molecule has 1 amide bonds. The average molecular weight is 380 g/mol. The lowest BCUT2D eigenvalue weighted by molar-refractivity contribution is -0.125. The van der Waals surface area contributed by atoms with Crippen molar-refractivity contribution in [3.8, 4) is 5.75 Å². The third-order valence-electron chi connectivity index (χ3n) is 4.94. The predicted octanol–water partition coefficient (Wildman–Crippen LogP) is 2.86. The van der Waals surface area contributed by atoms with Crippen molar-refractivity contribution in [1.29, 1.82) is 0 Å². The molecule has 3 rings (SSSR count). The average Bonchev–Trinajstić information content (AvgIpc) is 2.61. The molecule has 1 aliphatic rings. The fourth-order valence-electron chi connectivity index (χ4n) is 3.23. The van der Waals surface area contributed by atoms with E-state index >= 15 is 0 Å². The summed E-state index contributed by atoms with van der Waals surface area (Å²) in [7, 11) is 0. The predicted molar refractivity (Wildman–Crippen MR) is 98.9 cm³/mol. The van der Waals surface area contributed by atoms with E-state index in [-0.39, 0.29) is 24.3 Å². The summed E-state index contributed by atoms with van der Waals surface area (Å²) < 4.78 is 10.8. The molecule has 0 saturated heterocycles. The van der Waals surface area contributed by atoms with Crippen molar-refractivity contribution in [3.63, 3.8) is 0 Å². The molecule has 0 bridgehead atoms. The summed E-state index contributed by atoms with van der Waals surface area (Å²) in [5.41, 5.74) is 1.29. The van der Waals surface area contributed by atoms with Gasteiger partial charge < -0.3 is 19.6 Å². The largest absolute Gasteiger partial charge is 0.482 e. The minimum absolute atomic E-state index is 0.233. The van der Waals surface area contributed by atoms with Crippen LogP contribution in [0.4, 0.5) is 0 Å². The van der Waals surface area contributed by atoms with E-state index in [1.165, 1.54) is 6.07 Å². The molecule has 0 spiro atoms. The lowest BCUT2D eigenvalue weighted by atomic mass is 9.92. The van der Waals surface area contributed by atoms with Gasteiger partial charge in [-0.1, -0.05) is 24.4 Å². The molecule has 0 unspecified atom stereocenters. The quantitative estimate of drug-likeness (QED) is 0.797. The van der Waals surface area contributed by atoms with Crippen LogP contribution >= 0.6 is 11.6 Å². The minimum atomic E-state index is -0.516. The molecule has 1 saturated carbocycles. The number of nitrogens with one attached hydrogen (secondary N) is 1. The zero-order chi connectivity index (χ0) is 18.8. The van der Waals surface area contributed by atoms with Crippen molar-refractivity contribution in [2.45, 2.75) is 51.7 Å². The van der Waals surface area contributed by atoms with E-state index in [1.807, 2.05) is 6.92 Å². The topological polar surface area (TPSA) is 88.8 Å². The lowest BCUT2D eigenvalue weighted by Crippen LogP contribution is -2.46. The van der Waals surface area contributed by atoms with Crippen molar-refractivity contribution >= 4 is 28.5 Å². The van der Waals surface area contributed by atoms with E-state index < -0.39 is 11.7 Å². The Morgan fingerprint density at radius 2 is 2.04 bits per heavy atom. The fourth-order valence-corrected chi connectivity index (χ4v) is 3.44. The van der Waals surface area contributed by atoms with Gasteiger partial charge in [0, 0.05) is 17.0 Å². The van der Waals surface area contributed by atoms with Crippen molar-refractivity contribution in [1.82, 2.24) is 5.32 Å². The number of amides is 1. The summed E-state index contributed by atoms with van der Waals surface area (Å²) in [6.45, 7) is 3.29. The van der Waals surface area contributed by atoms with Crippen molar-refractivity contribution in [2.75, 3.05) is 6.61 Å². The van der Waals surface area contributed by atoms with E-state index in [0.717, 1.165) is 30.2 Å². The molecule has 1 heterocycles. The number of ether oxygens (including phenoxy) is 1. The van der Waals surface area contributed by atoms with E-state index in [1.54, 1.807) is 13.0 Å². The number of benzene rings is 1. The van der Waals surface area contributed by atoms with Crippen LogP contribution in [-0.2, 0) is 4.79 Å². The summed E-state index contributed by atoms with van der Waals surface area (Å²) in [5, 5.41) is 13.8. The Morgan fingerprint density at radius 1 is 1.31 bits per heavy atom. The molecular formula is C19H22ClNO5. The molecule has 140 valence electrons. The first-order valence-corrected chi connectivity index (χ1v) is 9.08. The van der Waals surface area contributed by atoms with Crippen LogP contribution in [0.15, 0.2) is 21.3 Å². The second-order valence-electron chi connectivity index (χ2n) is 6.73. The highest BCUT2D eigenvalue weighted by Gasteiger charge is 2.24. The van der Waals surface area contributed by atoms with Gasteiger partial charge in [-0.3, -0.25) is 4.79 Å². The number of halogens is 1. The fraction of sp³-hybridized carbons (Fsp3) is 0.474. The molecular weight excluding hydrogens is 358 g/mol. The highest BCUT2D eigenvalue weighted by atomic mass is 35.5. The van der Waals surface area contributed by atoms with Crippen LogP contribution in [0.1, 0.15) is 36.8 Å². The summed E-state index contributed by atoms with van der Waals surface area (Å²) in [5.74, 6) is -0.0569. The first-order chi connectivity index (χ1) is 12.4. The van der Waals surface area contributed by atoms with E-state index in [4.69, 9.17) is 20.8 Å². The summed E-state index contributed by atoms with van der Waals surface area (Å²) in [6, 6.07) is 2.95. The van der Waals surface area contributed by atoms with Crippen molar-refractivity contribution in [3.05, 3.63) is 38.7 Å². The van der Waals surface area contributed by atoms with Crippen LogP contribution in [0.5, 0.6) is 5.75 Å². The molecule has 2 atom stereocenters.